The Morgan fingerprint density at radius 1 is 1.14 bits per heavy atom. The van der Waals surface area contributed by atoms with Gasteiger partial charge in [-0.15, -0.1) is 0 Å². The normalized spacial score (nSPS) is 11.2. The summed E-state index contributed by atoms with van der Waals surface area (Å²) in [5.74, 6) is -1.03. The standard InChI is InChI=1S/C19H13ClF3N3O3/c1-29-15-10-16(27)26(12-5-3-2-4-6-12)25-17(15)18(28)24-14-9-11(19(21,22)23)7-8-13(14)20/h2-10H,1H3,(H,24,28). The van der Waals surface area contributed by atoms with Crippen molar-refractivity contribution < 1.29 is 22.7 Å². The van der Waals surface area contributed by atoms with Crippen molar-refractivity contribution in [3.63, 3.8) is 0 Å². The summed E-state index contributed by atoms with van der Waals surface area (Å²) >= 11 is 5.91. The van der Waals surface area contributed by atoms with Gasteiger partial charge in [0.05, 0.1) is 35.1 Å². The first-order valence-electron chi connectivity index (χ1n) is 8.12. The number of ether oxygens (including phenoxy) is 1. The number of benzene rings is 2. The van der Waals surface area contributed by atoms with Crippen molar-refractivity contribution in [2.24, 2.45) is 0 Å². The minimum absolute atomic E-state index is 0.0957. The Morgan fingerprint density at radius 3 is 2.45 bits per heavy atom. The van der Waals surface area contributed by atoms with Crippen LogP contribution in [0.5, 0.6) is 5.75 Å². The number of nitrogens with zero attached hydrogens (tertiary/aromatic N) is 2. The van der Waals surface area contributed by atoms with Gasteiger partial charge >= 0.3 is 6.18 Å². The van der Waals surface area contributed by atoms with E-state index in [2.05, 4.69) is 10.4 Å². The molecule has 0 unspecified atom stereocenters. The summed E-state index contributed by atoms with van der Waals surface area (Å²) in [6.45, 7) is 0. The smallest absolute Gasteiger partial charge is 0.416 e. The maximum absolute atomic E-state index is 12.9. The van der Waals surface area contributed by atoms with Crippen LogP contribution in [0, 0.1) is 0 Å². The summed E-state index contributed by atoms with van der Waals surface area (Å²) in [7, 11) is 1.23. The van der Waals surface area contributed by atoms with E-state index in [4.69, 9.17) is 16.3 Å². The lowest BCUT2D eigenvalue weighted by Gasteiger charge is -2.13. The summed E-state index contributed by atoms with van der Waals surface area (Å²) in [6.07, 6.45) is -4.61. The molecule has 0 aliphatic carbocycles. The molecule has 0 aliphatic rings. The second kappa shape index (κ2) is 7.96. The number of para-hydroxylation sites is 1. The highest BCUT2D eigenvalue weighted by atomic mass is 35.5. The number of amides is 1. The zero-order valence-electron chi connectivity index (χ0n) is 14.8. The van der Waals surface area contributed by atoms with E-state index in [0.29, 0.717) is 11.8 Å². The molecule has 0 saturated heterocycles. The maximum atomic E-state index is 12.9. The van der Waals surface area contributed by atoms with Crippen LogP contribution in [0.4, 0.5) is 18.9 Å². The van der Waals surface area contributed by atoms with Gasteiger partial charge < -0.3 is 10.1 Å². The molecule has 0 aliphatic heterocycles. The molecule has 2 aromatic carbocycles. The molecule has 0 spiro atoms. The van der Waals surface area contributed by atoms with Crippen molar-refractivity contribution >= 4 is 23.2 Å². The zero-order valence-corrected chi connectivity index (χ0v) is 15.6. The fraction of sp³-hybridized carbons (Fsp3) is 0.105. The molecule has 0 atom stereocenters. The third-order valence-corrected chi connectivity index (χ3v) is 4.20. The van der Waals surface area contributed by atoms with Gasteiger partial charge in [0.2, 0.25) is 0 Å². The molecule has 0 bridgehead atoms. The van der Waals surface area contributed by atoms with Gasteiger partial charge in [-0.3, -0.25) is 9.59 Å². The predicted molar refractivity (Wildman–Crippen MR) is 101 cm³/mol. The molecular weight excluding hydrogens is 411 g/mol. The molecule has 150 valence electrons. The van der Waals surface area contributed by atoms with Gasteiger partial charge in [0.15, 0.2) is 11.4 Å². The number of nitrogens with one attached hydrogen (secondary N) is 1. The number of hydrogen-bond donors (Lipinski definition) is 1. The summed E-state index contributed by atoms with van der Waals surface area (Å²) in [5.41, 5.74) is -1.70. The highest BCUT2D eigenvalue weighted by molar-refractivity contribution is 6.34. The predicted octanol–water partition coefficient (Wildman–Crippen LogP) is 4.17. The van der Waals surface area contributed by atoms with Crippen LogP contribution in [0.25, 0.3) is 5.69 Å². The van der Waals surface area contributed by atoms with Gasteiger partial charge in [0.1, 0.15) is 0 Å². The number of aromatic nitrogens is 2. The summed E-state index contributed by atoms with van der Waals surface area (Å²) in [4.78, 5) is 25.0. The van der Waals surface area contributed by atoms with Gasteiger partial charge in [-0.1, -0.05) is 29.8 Å². The summed E-state index contributed by atoms with van der Waals surface area (Å²) < 4.78 is 44.8. The Kier molecular flexibility index (Phi) is 5.60. The Bertz CT molecular complexity index is 1120. The Balaban J connectivity index is 2.03. The van der Waals surface area contributed by atoms with E-state index < -0.39 is 23.2 Å². The average molecular weight is 424 g/mol. The van der Waals surface area contributed by atoms with Gasteiger partial charge in [-0.25, -0.2) is 0 Å². The molecule has 6 nitrogen and oxygen atoms in total. The minimum atomic E-state index is -4.61. The van der Waals surface area contributed by atoms with Crippen LogP contribution in [0.2, 0.25) is 5.02 Å². The van der Waals surface area contributed by atoms with E-state index in [1.807, 2.05) is 0 Å². The fourth-order valence-corrected chi connectivity index (χ4v) is 2.65. The van der Waals surface area contributed by atoms with Crippen molar-refractivity contribution in [3.05, 3.63) is 81.2 Å². The first kappa shape index (κ1) is 20.4. The highest BCUT2D eigenvalue weighted by Gasteiger charge is 2.31. The largest absolute Gasteiger partial charge is 0.494 e. The first-order chi connectivity index (χ1) is 13.7. The van der Waals surface area contributed by atoms with Crippen molar-refractivity contribution in [3.8, 4) is 11.4 Å². The number of rotatable bonds is 4. The van der Waals surface area contributed by atoms with Gasteiger partial charge in [-0.05, 0) is 30.3 Å². The van der Waals surface area contributed by atoms with Crippen molar-refractivity contribution in [1.82, 2.24) is 9.78 Å². The van der Waals surface area contributed by atoms with E-state index in [0.717, 1.165) is 22.9 Å². The summed E-state index contributed by atoms with van der Waals surface area (Å²) in [5, 5.41) is 6.20. The van der Waals surface area contributed by atoms with Crippen LogP contribution in [0.15, 0.2) is 59.4 Å². The lowest BCUT2D eigenvalue weighted by molar-refractivity contribution is -0.137. The Labute approximate surface area is 167 Å². The highest BCUT2D eigenvalue weighted by Crippen LogP contribution is 2.34. The molecule has 10 heteroatoms. The number of methoxy groups -OCH3 is 1. The molecule has 3 aromatic rings. The Morgan fingerprint density at radius 2 is 1.83 bits per heavy atom. The molecule has 3 rings (SSSR count). The van der Waals surface area contributed by atoms with Crippen LogP contribution >= 0.6 is 11.6 Å². The maximum Gasteiger partial charge on any atom is 0.416 e. The topological polar surface area (TPSA) is 73.2 Å². The summed E-state index contributed by atoms with van der Waals surface area (Å²) in [6, 6.07) is 11.9. The molecule has 1 aromatic heterocycles. The van der Waals surface area contributed by atoms with E-state index in [9.17, 15) is 22.8 Å². The lowest BCUT2D eigenvalue weighted by Crippen LogP contribution is -2.26. The third-order valence-electron chi connectivity index (χ3n) is 3.87. The molecule has 0 fully saturated rings. The van der Waals surface area contributed by atoms with Gasteiger partial charge in [0, 0.05) is 0 Å². The van der Waals surface area contributed by atoms with Crippen LogP contribution in [-0.4, -0.2) is 22.8 Å². The van der Waals surface area contributed by atoms with Crippen LogP contribution in [0.1, 0.15) is 16.1 Å². The van der Waals surface area contributed by atoms with E-state index in [1.54, 1.807) is 30.3 Å². The molecule has 29 heavy (non-hydrogen) atoms. The van der Waals surface area contributed by atoms with Crippen LogP contribution in [0.3, 0.4) is 0 Å². The van der Waals surface area contributed by atoms with E-state index >= 15 is 0 Å². The molecule has 0 saturated carbocycles. The monoisotopic (exact) mass is 423 g/mol. The van der Waals surface area contributed by atoms with Crippen molar-refractivity contribution in [2.75, 3.05) is 12.4 Å². The number of hydrogen-bond acceptors (Lipinski definition) is 4. The number of carbonyl (C=O) groups is 1. The number of halogens is 4. The van der Waals surface area contributed by atoms with E-state index in [-0.39, 0.29) is 22.2 Å². The number of alkyl halides is 3. The lowest BCUT2D eigenvalue weighted by atomic mass is 10.2. The quantitative estimate of drug-likeness (QED) is 0.683. The van der Waals surface area contributed by atoms with Crippen LogP contribution in [-0.2, 0) is 6.18 Å². The van der Waals surface area contributed by atoms with Gasteiger partial charge in [0.25, 0.3) is 11.5 Å². The second-order valence-electron chi connectivity index (χ2n) is 5.79. The second-order valence-corrected chi connectivity index (χ2v) is 6.20. The molecular formula is C19H13ClF3N3O3. The zero-order chi connectivity index (χ0) is 21.2. The van der Waals surface area contributed by atoms with Crippen LogP contribution < -0.4 is 15.6 Å². The SMILES string of the molecule is COc1cc(=O)n(-c2ccccc2)nc1C(=O)Nc1cc(C(F)(F)F)ccc1Cl. The molecule has 1 N–H and O–H groups in total. The fourth-order valence-electron chi connectivity index (χ4n) is 2.49. The molecule has 1 amide bonds. The third kappa shape index (κ3) is 4.40. The number of carbonyl (C=O) groups excluding carboxylic acids is 1. The molecule has 0 radical (unpaired) electrons. The van der Waals surface area contributed by atoms with E-state index in [1.165, 1.54) is 7.11 Å². The molecule has 1 heterocycles. The Hall–Kier alpha value is -3.33. The average Bonchev–Trinajstić information content (AvgIpc) is 2.69. The first-order valence-corrected chi connectivity index (χ1v) is 8.50. The van der Waals surface area contributed by atoms with Gasteiger partial charge in [-0.2, -0.15) is 23.0 Å². The van der Waals surface area contributed by atoms with Crippen molar-refractivity contribution in [2.45, 2.75) is 6.18 Å². The number of anilines is 1. The van der Waals surface area contributed by atoms with Crippen molar-refractivity contribution in [1.29, 1.82) is 0 Å². The minimum Gasteiger partial charge on any atom is -0.494 e.